The molecule has 1 aromatic rings. The van der Waals surface area contributed by atoms with Crippen LogP contribution < -0.4 is 0 Å². The Hall–Kier alpha value is -1.02. The lowest BCUT2D eigenvalue weighted by molar-refractivity contribution is 0.181. The van der Waals surface area contributed by atoms with Crippen molar-refractivity contribution >= 4 is 0 Å². The molecule has 0 saturated carbocycles. The summed E-state index contributed by atoms with van der Waals surface area (Å²) in [5.74, 6) is 0.449. The zero-order valence-electron chi connectivity index (χ0n) is 14.7. The van der Waals surface area contributed by atoms with Gasteiger partial charge in [-0.05, 0) is 48.1 Å². The molecular weight excluding hydrogens is 260 g/mol. The van der Waals surface area contributed by atoms with Crippen molar-refractivity contribution in [3.05, 3.63) is 28.8 Å². The normalized spacial score (nSPS) is 14.3. The molecule has 2 nitrogen and oxygen atoms in total. The lowest BCUT2D eigenvalue weighted by Crippen LogP contribution is -2.19. The van der Waals surface area contributed by atoms with Crippen molar-refractivity contribution in [1.29, 1.82) is 0 Å². The molecule has 1 unspecified atom stereocenters. The van der Waals surface area contributed by atoms with E-state index in [-0.39, 0.29) is 16.9 Å². The molecule has 1 aromatic carbocycles. The molecule has 21 heavy (non-hydrogen) atoms. The average Bonchev–Trinajstić information content (AvgIpc) is 2.24. The zero-order chi connectivity index (χ0) is 16.4. The van der Waals surface area contributed by atoms with Gasteiger partial charge in [-0.15, -0.1) is 0 Å². The number of aliphatic hydroxyl groups excluding tert-OH is 1. The molecule has 0 radical (unpaired) electrons. The van der Waals surface area contributed by atoms with Gasteiger partial charge in [0.05, 0.1) is 6.10 Å². The highest BCUT2D eigenvalue weighted by Crippen LogP contribution is 2.41. The van der Waals surface area contributed by atoms with E-state index in [1.54, 1.807) is 0 Å². The minimum atomic E-state index is -0.259. The second-order valence-corrected chi connectivity index (χ2v) is 8.24. The fourth-order valence-corrected chi connectivity index (χ4v) is 2.87. The van der Waals surface area contributed by atoms with E-state index in [2.05, 4.69) is 53.7 Å². The smallest absolute Gasteiger partial charge is 0.123 e. The Labute approximate surface area is 130 Å². The molecule has 0 bridgehead atoms. The lowest BCUT2D eigenvalue weighted by atomic mass is 9.76. The molecule has 120 valence electrons. The summed E-state index contributed by atoms with van der Waals surface area (Å²) in [7, 11) is 0. The fraction of sp³-hybridized carbons (Fsp3) is 0.684. The summed E-state index contributed by atoms with van der Waals surface area (Å²) in [4.78, 5) is 0. The van der Waals surface area contributed by atoms with Gasteiger partial charge >= 0.3 is 0 Å². The van der Waals surface area contributed by atoms with E-state index < -0.39 is 0 Å². The molecular formula is C19H32O2. The SMILES string of the molecule is CC(O)CCCc1ccc(C(C)(C)C)c(O)c1C(C)(C)C. The van der Waals surface area contributed by atoms with Crippen LogP contribution >= 0.6 is 0 Å². The minimum absolute atomic E-state index is 0.0672. The third kappa shape index (κ3) is 4.74. The van der Waals surface area contributed by atoms with Crippen LogP contribution in [0.2, 0.25) is 0 Å². The number of benzene rings is 1. The summed E-state index contributed by atoms with van der Waals surface area (Å²) in [5.41, 5.74) is 3.11. The van der Waals surface area contributed by atoms with Crippen LogP contribution in [-0.4, -0.2) is 16.3 Å². The van der Waals surface area contributed by atoms with Gasteiger partial charge in [-0.1, -0.05) is 53.7 Å². The summed E-state index contributed by atoms with van der Waals surface area (Å²) >= 11 is 0. The molecule has 2 heteroatoms. The molecule has 1 atom stereocenters. The zero-order valence-corrected chi connectivity index (χ0v) is 14.7. The first-order valence-corrected chi connectivity index (χ1v) is 7.98. The molecule has 0 aliphatic rings. The van der Waals surface area contributed by atoms with Crippen LogP contribution in [0.25, 0.3) is 0 Å². The number of hydrogen-bond acceptors (Lipinski definition) is 2. The second-order valence-electron chi connectivity index (χ2n) is 8.24. The van der Waals surface area contributed by atoms with E-state index in [4.69, 9.17) is 0 Å². The number of rotatable bonds is 4. The molecule has 0 amide bonds. The fourth-order valence-electron chi connectivity index (χ4n) is 2.87. The van der Waals surface area contributed by atoms with Gasteiger partial charge in [0, 0.05) is 5.56 Å². The topological polar surface area (TPSA) is 40.5 Å². The summed E-state index contributed by atoms with van der Waals surface area (Å²) in [6, 6.07) is 4.21. The van der Waals surface area contributed by atoms with Gasteiger partial charge in [-0.2, -0.15) is 0 Å². The Kier molecular flexibility index (Phi) is 5.49. The first-order chi connectivity index (χ1) is 9.44. The predicted octanol–water partition coefficient (Wildman–Crippen LogP) is 4.69. The molecule has 0 aromatic heterocycles. The summed E-state index contributed by atoms with van der Waals surface area (Å²) in [6.45, 7) is 14.6. The average molecular weight is 292 g/mol. The van der Waals surface area contributed by atoms with E-state index in [9.17, 15) is 10.2 Å². The van der Waals surface area contributed by atoms with E-state index in [0.717, 1.165) is 30.4 Å². The Balaban J connectivity index is 3.24. The Morgan fingerprint density at radius 1 is 1.00 bits per heavy atom. The summed E-state index contributed by atoms with van der Waals surface area (Å²) in [5, 5.41) is 20.2. The number of aryl methyl sites for hydroxylation is 1. The van der Waals surface area contributed by atoms with Crippen molar-refractivity contribution in [1.82, 2.24) is 0 Å². The number of aromatic hydroxyl groups is 1. The van der Waals surface area contributed by atoms with Gasteiger partial charge in [0.2, 0.25) is 0 Å². The minimum Gasteiger partial charge on any atom is -0.507 e. The third-order valence-electron chi connectivity index (χ3n) is 3.89. The van der Waals surface area contributed by atoms with Gasteiger partial charge in [0.15, 0.2) is 0 Å². The van der Waals surface area contributed by atoms with Gasteiger partial charge in [-0.3, -0.25) is 0 Å². The third-order valence-corrected chi connectivity index (χ3v) is 3.89. The molecule has 0 aliphatic carbocycles. The number of phenolic OH excluding ortho intramolecular Hbond substituents is 1. The van der Waals surface area contributed by atoms with Crippen molar-refractivity contribution in [3.8, 4) is 5.75 Å². The molecule has 1 rings (SSSR count). The first kappa shape index (κ1) is 18.0. The van der Waals surface area contributed by atoms with Gasteiger partial charge in [-0.25, -0.2) is 0 Å². The first-order valence-electron chi connectivity index (χ1n) is 7.98. The van der Waals surface area contributed by atoms with Crippen molar-refractivity contribution in [2.75, 3.05) is 0 Å². The van der Waals surface area contributed by atoms with Gasteiger partial charge in [0.1, 0.15) is 5.75 Å². The van der Waals surface area contributed by atoms with Crippen molar-refractivity contribution < 1.29 is 10.2 Å². The lowest BCUT2D eigenvalue weighted by Gasteiger charge is -2.29. The summed E-state index contributed by atoms with van der Waals surface area (Å²) < 4.78 is 0. The quantitative estimate of drug-likeness (QED) is 0.845. The molecule has 2 N–H and O–H groups in total. The Morgan fingerprint density at radius 2 is 1.57 bits per heavy atom. The maximum atomic E-state index is 10.8. The molecule has 0 heterocycles. The number of phenols is 1. The molecule has 0 aliphatic heterocycles. The van der Waals surface area contributed by atoms with Crippen LogP contribution in [0.3, 0.4) is 0 Å². The highest BCUT2D eigenvalue weighted by molar-refractivity contribution is 5.51. The van der Waals surface area contributed by atoms with Crippen molar-refractivity contribution in [2.45, 2.75) is 84.7 Å². The predicted molar refractivity (Wildman–Crippen MR) is 90.1 cm³/mol. The van der Waals surface area contributed by atoms with E-state index in [1.165, 1.54) is 5.56 Å². The Bertz CT molecular complexity index is 474. The largest absolute Gasteiger partial charge is 0.507 e. The number of aliphatic hydroxyl groups is 1. The van der Waals surface area contributed by atoms with Crippen LogP contribution in [-0.2, 0) is 17.3 Å². The maximum Gasteiger partial charge on any atom is 0.123 e. The summed E-state index contributed by atoms with van der Waals surface area (Å²) in [6.07, 6.45) is 2.38. The highest BCUT2D eigenvalue weighted by atomic mass is 16.3. The van der Waals surface area contributed by atoms with E-state index >= 15 is 0 Å². The molecule has 0 saturated heterocycles. The van der Waals surface area contributed by atoms with Gasteiger partial charge in [0.25, 0.3) is 0 Å². The van der Waals surface area contributed by atoms with Crippen LogP contribution in [0.1, 0.15) is 78.0 Å². The Morgan fingerprint density at radius 3 is 2.00 bits per heavy atom. The van der Waals surface area contributed by atoms with Crippen molar-refractivity contribution in [3.63, 3.8) is 0 Å². The molecule has 0 fully saturated rings. The van der Waals surface area contributed by atoms with Crippen molar-refractivity contribution in [2.24, 2.45) is 0 Å². The maximum absolute atomic E-state index is 10.8. The highest BCUT2D eigenvalue weighted by Gasteiger charge is 2.27. The second kappa shape index (κ2) is 6.39. The monoisotopic (exact) mass is 292 g/mol. The van der Waals surface area contributed by atoms with Crippen LogP contribution in [0, 0.1) is 0 Å². The standard InChI is InChI=1S/C19H32O2/c1-13(20)9-8-10-14-11-12-15(18(2,3)4)17(21)16(14)19(5,6)7/h11-13,20-21H,8-10H2,1-7H3. The van der Waals surface area contributed by atoms with Crippen LogP contribution in [0.5, 0.6) is 5.75 Å². The van der Waals surface area contributed by atoms with Crippen LogP contribution in [0.4, 0.5) is 0 Å². The van der Waals surface area contributed by atoms with E-state index in [0.29, 0.717) is 5.75 Å². The molecule has 0 spiro atoms. The van der Waals surface area contributed by atoms with E-state index in [1.807, 2.05) is 6.92 Å². The number of hydrogen-bond donors (Lipinski definition) is 2. The van der Waals surface area contributed by atoms with Gasteiger partial charge < -0.3 is 10.2 Å². The van der Waals surface area contributed by atoms with Crippen LogP contribution in [0.15, 0.2) is 12.1 Å².